The Morgan fingerprint density at radius 1 is 1.05 bits per heavy atom. The Labute approximate surface area is 118 Å². The highest BCUT2D eigenvalue weighted by Crippen LogP contribution is 2.26. The molecule has 0 saturated carbocycles. The molecule has 0 aliphatic carbocycles. The van der Waals surface area contributed by atoms with Crippen LogP contribution in [0, 0.1) is 0 Å². The van der Waals surface area contributed by atoms with Crippen LogP contribution in [0.15, 0.2) is 54.6 Å². The topological polar surface area (TPSA) is 46.5 Å². The number of carboxylic acids is 1. The average molecular weight is 270 g/mol. The molecule has 1 N–H and O–H groups in total. The SMILES string of the molecule is CCC[C@H](C(=O)O)c1ccc(Oc2ccccc2)cc1. The fraction of sp³-hybridized carbons (Fsp3) is 0.235. The van der Waals surface area contributed by atoms with Gasteiger partial charge in [-0.15, -0.1) is 0 Å². The third-order valence-corrected chi connectivity index (χ3v) is 3.14. The van der Waals surface area contributed by atoms with Gasteiger partial charge in [0.1, 0.15) is 11.5 Å². The van der Waals surface area contributed by atoms with Gasteiger partial charge in [-0.2, -0.15) is 0 Å². The summed E-state index contributed by atoms with van der Waals surface area (Å²) in [5.41, 5.74) is 0.819. The molecule has 0 aromatic heterocycles. The molecule has 0 spiro atoms. The number of para-hydroxylation sites is 1. The molecule has 1 atom stereocenters. The van der Waals surface area contributed by atoms with Crippen LogP contribution in [0.4, 0.5) is 0 Å². The van der Waals surface area contributed by atoms with E-state index in [9.17, 15) is 9.90 Å². The van der Waals surface area contributed by atoms with Gasteiger partial charge in [-0.3, -0.25) is 4.79 Å². The number of ether oxygens (including phenoxy) is 1. The zero-order valence-electron chi connectivity index (χ0n) is 11.5. The Morgan fingerprint density at radius 2 is 1.65 bits per heavy atom. The maximum atomic E-state index is 11.2. The number of benzene rings is 2. The number of rotatable bonds is 6. The maximum absolute atomic E-state index is 11.2. The molecule has 0 amide bonds. The number of hydrogen-bond acceptors (Lipinski definition) is 2. The predicted octanol–water partition coefficient (Wildman–Crippen LogP) is 4.45. The summed E-state index contributed by atoms with van der Waals surface area (Å²) in [6.07, 6.45) is 1.49. The molecule has 0 aliphatic heterocycles. The zero-order valence-corrected chi connectivity index (χ0v) is 11.5. The molecule has 0 heterocycles. The first-order chi connectivity index (χ1) is 9.70. The summed E-state index contributed by atoms with van der Waals surface area (Å²) in [5.74, 6) is 0.263. The summed E-state index contributed by atoms with van der Waals surface area (Å²) < 4.78 is 5.69. The van der Waals surface area contributed by atoms with E-state index in [1.807, 2.05) is 61.5 Å². The molecule has 2 rings (SSSR count). The molecule has 0 fully saturated rings. The van der Waals surface area contributed by atoms with Crippen molar-refractivity contribution in [3.8, 4) is 11.5 Å². The summed E-state index contributed by atoms with van der Waals surface area (Å²) in [6, 6.07) is 16.8. The molecule has 20 heavy (non-hydrogen) atoms. The summed E-state index contributed by atoms with van der Waals surface area (Å²) in [4.78, 5) is 11.2. The van der Waals surface area contributed by atoms with E-state index in [2.05, 4.69) is 0 Å². The van der Waals surface area contributed by atoms with Crippen LogP contribution in [-0.2, 0) is 4.79 Å². The van der Waals surface area contributed by atoms with E-state index in [1.165, 1.54) is 0 Å². The molecule has 3 heteroatoms. The predicted molar refractivity (Wildman–Crippen MR) is 78.2 cm³/mol. The van der Waals surface area contributed by atoms with E-state index in [4.69, 9.17) is 4.74 Å². The molecule has 0 bridgehead atoms. The Morgan fingerprint density at radius 3 is 2.20 bits per heavy atom. The number of carbonyl (C=O) groups is 1. The largest absolute Gasteiger partial charge is 0.481 e. The maximum Gasteiger partial charge on any atom is 0.310 e. The van der Waals surface area contributed by atoms with Gasteiger partial charge < -0.3 is 9.84 Å². The lowest BCUT2D eigenvalue weighted by Crippen LogP contribution is -2.11. The number of hydrogen-bond donors (Lipinski definition) is 1. The van der Waals surface area contributed by atoms with Crippen molar-refractivity contribution in [1.29, 1.82) is 0 Å². The first kappa shape index (κ1) is 14.1. The average Bonchev–Trinajstić information content (AvgIpc) is 2.47. The second kappa shape index (κ2) is 6.75. The molecule has 2 aromatic carbocycles. The first-order valence-corrected chi connectivity index (χ1v) is 6.76. The van der Waals surface area contributed by atoms with Crippen molar-refractivity contribution >= 4 is 5.97 Å². The van der Waals surface area contributed by atoms with Gasteiger partial charge in [0.15, 0.2) is 0 Å². The Bertz CT molecular complexity index is 546. The molecule has 2 aromatic rings. The molecule has 0 aliphatic rings. The standard InChI is InChI=1S/C17H18O3/c1-2-6-16(17(18)19)13-9-11-15(12-10-13)20-14-7-4-3-5-8-14/h3-5,7-12,16H,2,6H2,1H3,(H,18,19)/t16-/m0/s1. The molecule has 0 unspecified atom stereocenters. The van der Waals surface area contributed by atoms with Gasteiger partial charge in [-0.05, 0) is 36.2 Å². The highest BCUT2D eigenvalue weighted by Gasteiger charge is 2.18. The van der Waals surface area contributed by atoms with Gasteiger partial charge in [-0.1, -0.05) is 43.7 Å². The first-order valence-electron chi connectivity index (χ1n) is 6.76. The van der Waals surface area contributed by atoms with Crippen molar-refractivity contribution in [1.82, 2.24) is 0 Å². The minimum absolute atomic E-state index is 0.439. The lowest BCUT2D eigenvalue weighted by Gasteiger charge is -2.12. The Balaban J connectivity index is 2.11. The fourth-order valence-electron chi connectivity index (χ4n) is 2.11. The van der Waals surface area contributed by atoms with E-state index in [-0.39, 0.29) is 0 Å². The van der Waals surface area contributed by atoms with E-state index in [1.54, 1.807) is 0 Å². The van der Waals surface area contributed by atoms with Crippen molar-refractivity contribution in [3.63, 3.8) is 0 Å². The smallest absolute Gasteiger partial charge is 0.310 e. The van der Waals surface area contributed by atoms with Crippen LogP contribution in [-0.4, -0.2) is 11.1 Å². The monoisotopic (exact) mass is 270 g/mol. The third-order valence-electron chi connectivity index (χ3n) is 3.14. The van der Waals surface area contributed by atoms with Crippen LogP contribution in [0.1, 0.15) is 31.2 Å². The number of carboxylic acid groups (broad SMARTS) is 1. The Kier molecular flexibility index (Phi) is 4.77. The van der Waals surface area contributed by atoms with Gasteiger partial charge in [0, 0.05) is 0 Å². The van der Waals surface area contributed by atoms with Crippen LogP contribution in [0.3, 0.4) is 0 Å². The minimum atomic E-state index is -0.774. The van der Waals surface area contributed by atoms with E-state index >= 15 is 0 Å². The van der Waals surface area contributed by atoms with Gasteiger partial charge in [0.05, 0.1) is 5.92 Å². The molecule has 104 valence electrons. The van der Waals surface area contributed by atoms with Crippen molar-refractivity contribution in [2.24, 2.45) is 0 Å². The minimum Gasteiger partial charge on any atom is -0.481 e. The third kappa shape index (κ3) is 3.60. The molecule has 0 radical (unpaired) electrons. The van der Waals surface area contributed by atoms with Gasteiger partial charge in [-0.25, -0.2) is 0 Å². The summed E-state index contributed by atoms with van der Waals surface area (Å²) in [7, 11) is 0. The lowest BCUT2D eigenvalue weighted by atomic mass is 9.95. The van der Waals surface area contributed by atoms with E-state index < -0.39 is 11.9 Å². The van der Waals surface area contributed by atoms with Crippen LogP contribution in [0.5, 0.6) is 11.5 Å². The van der Waals surface area contributed by atoms with Crippen LogP contribution in [0.25, 0.3) is 0 Å². The van der Waals surface area contributed by atoms with Crippen molar-refractivity contribution in [2.45, 2.75) is 25.7 Å². The van der Waals surface area contributed by atoms with Crippen LogP contribution in [0.2, 0.25) is 0 Å². The number of aliphatic carboxylic acids is 1. The normalized spacial score (nSPS) is 11.8. The van der Waals surface area contributed by atoms with Crippen molar-refractivity contribution in [3.05, 3.63) is 60.2 Å². The van der Waals surface area contributed by atoms with E-state index in [0.717, 1.165) is 17.7 Å². The molecule has 0 saturated heterocycles. The van der Waals surface area contributed by atoms with Gasteiger partial charge in [0.2, 0.25) is 0 Å². The van der Waals surface area contributed by atoms with Crippen LogP contribution < -0.4 is 4.74 Å². The summed E-state index contributed by atoms with van der Waals surface area (Å²) >= 11 is 0. The molecular weight excluding hydrogens is 252 g/mol. The molecular formula is C17H18O3. The van der Waals surface area contributed by atoms with Gasteiger partial charge >= 0.3 is 5.97 Å². The van der Waals surface area contributed by atoms with Crippen molar-refractivity contribution < 1.29 is 14.6 Å². The second-order valence-electron chi connectivity index (χ2n) is 4.66. The van der Waals surface area contributed by atoms with E-state index in [0.29, 0.717) is 12.2 Å². The zero-order chi connectivity index (χ0) is 14.4. The molecule has 3 nitrogen and oxygen atoms in total. The van der Waals surface area contributed by atoms with Crippen molar-refractivity contribution in [2.75, 3.05) is 0 Å². The fourth-order valence-corrected chi connectivity index (χ4v) is 2.11. The highest BCUT2D eigenvalue weighted by molar-refractivity contribution is 5.76. The summed E-state index contributed by atoms with van der Waals surface area (Å²) in [6.45, 7) is 1.99. The van der Waals surface area contributed by atoms with Gasteiger partial charge in [0.25, 0.3) is 0 Å². The Hall–Kier alpha value is -2.29. The van der Waals surface area contributed by atoms with Crippen LogP contribution >= 0.6 is 0 Å². The lowest BCUT2D eigenvalue weighted by molar-refractivity contribution is -0.139. The quantitative estimate of drug-likeness (QED) is 0.843. The highest BCUT2D eigenvalue weighted by atomic mass is 16.5. The second-order valence-corrected chi connectivity index (χ2v) is 4.66. The summed E-state index contributed by atoms with van der Waals surface area (Å²) in [5, 5.41) is 9.23.